The molecule has 0 bridgehead atoms. The van der Waals surface area contributed by atoms with Crippen LogP contribution in [0.15, 0.2) is 54.9 Å². The van der Waals surface area contributed by atoms with E-state index in [1.54, 1.807) is 17.6 Å². The standard InChI is InChI=1S/C25H26N4O4/c1-16-9-11-18(12-10-16)13-26-24(32)25(3)14-28-15-27-20(23(31)33-4)21(28)22(30)29(25)19-8-6-5-7-17(19)2/h5-12,15H,13-14H2,1-4H3,(H,26,32)/t25-/m1/s1. The predicted molar refractivity (Wildman–Crippen MR) is 123 cm³/mol. The molecule has 0 aliphatic carbocycles. The fraction of sp³-hybridized carbons (Fsp3) is 0.280. The van der Waals surface area contributed by atoms with Gasteiger partial charge in [0, 0.05) is 12.2 Å². The number of ether oxygens (including phenoxy) is 1. The molecular formula is C25H26N4O4. The van der Waals surface area contributed by atoms with E-state index in [4.69, 9.17) is 4.74 Å². The Labute approximate surface area is 192 Å². The molecule has 0 unspecified atom stereocenters. The van der Waals surface area contributed by atoms with Gasteiger partial charge in [0.25, 0.3) is 5.91 Å². The van der Waals surface area contributed by atoms with Gasteiger partial charge >= 0.3 is 5.97 Å². The van der Waals surface area contributed by atoms with Gasteiger partial charge < -0.3 is 14.6 Å². The normalized spacial score (nSPS) is 17.5. The quantitative estimate of drug-likeness (QED) is 0.608. The molecule has 2 heterocycles. The van der Waals surface area contributed by atoms with Crippen LogP contribution in [0.5, 0.6) is 0 Å². The fourth-order valence-corrected chi connectivity index (χ4v) is 4.15. The number of carbonyl (C=O) groups is 3. The second-order valence-corrected chi connectivity index (χ2v) is 8.43. The van der Waals surface area contributed by atoms with Gasteiger partial charge in [0.1, 0.15) is 11.2 Å². The Hall–Kier alpha value is -3.94. The molecule has 8 nitrogen and oxygen atoms in total. The minimum absolute atomic E-state index is 0.0665. The Bertz CT molecular complexity index is 1230. The van der Waals surface area contributed by atoms with Crippen LogP contribution in [-0.4, -0.2) is 40.0 Å². The molecule has 1 aromatic heterocycles. The van der Waals surface area contributed by atoms with E-state index < -0.39 is 17.4 Å². The summed E-state index contributed by atoms with van der Waals surface area (Å²) in [6, 6.07) is 15.2. The first-order valence-electron chi connectivity index (χ1n) is 10.6. The maximum Gasteiger partial charge on any atom is 0.359 e. The third-order valence-electron chi connectivity index (χ3n) is 6.01. The highest BCUT2D eigenvalue weighted by Gasteiger charge is 2.50. The number of aromatic nitrogens is 2. The van der Waals surface area contributed by atoms with Gasteiger partial charge in [0.05, 0.1) is 20.0 Å². The number of hydrogen-bond acceptors (Lipinski definition) is 5. The molecule has 4 rings (SSSR count). The molecule has 170 valence electrons. The topological polar surface area (TPSA) is 93.5 Å². The number of carbonyl (C=O) groups excluding carboxylic acids is 3. The zero-order valence-corrected chi connectivity index (χ0v) is 19.1. The van der Waals surface area contributed by atoms with E-state index in [-0.39, 0.29) is 23.8 Å². The number of benzene rings is 2. The monoisotopic (exact) mass is 446 g/mol. The molecule has 0 radical (unpaired) electrons. The molecule has 1 atom stereocenters. The summed E-state index contributed by atoms with van der Waals surface area (Å²) in [5, 5.41) is 2.98. The minimum Gasteiger partial charge on any atom is -0.464 e. The summed E-state index contributed by atoms with van der Waals surface area (Å²) in [4.78, 5) is 45.2. The van der Waals surface area contributed by atoms with Gasteiger partial charge in [-0.1, -0.05) is 48.0 Å². The number of esters is 1. The van der Waals surface area contributed by atoms with Crippen LogP contribution in [0.3, 0.4) is 0 Å². The van der Waals surface area contributed by atoms with E-state index in [9.17, 15) is 14.4 Å². The van der Waals surface area contributed by atoms with Gasteiger partial charge in [0.15, 0.2) is 5.69 Å². The summed E-state index contributed by atoms with van der Waals surface area (Å²) in [6.45, 7) is 6.06. The van der Waals surface area contributed by atoms with Crippen molar-refractivity contribution in [3.8, 4) is 0 Å². The van der Waals surface area contributed by atoms with Crippen LogP contribution in [0.25, 0.3) is 0 Å². The first-order valence-corrected chi connectivity index (χ1v) is 10.6. The van der Waals surface area contributed by atoms with Crippen molar-refractivity contribution in [3.05, 3.63) is 82.9 Å². The third-order valence-corrected chi connectivity index (χ3v) is 6.01. The molecule has 1 aliphatic heterocycles. The van der Waals surface area contributed by atoms with E-state index in [0.717, 1.165) is 16.7 Å². The molecule has 3 aromatic rings. The molecule has 8 heteroatoms. The average Bonchev–Trinajstić information content (AvgIpc) is 3.23. The number of fused-ring (bicyclic) bond motifs is 1. The smallest absolute Gasteiger partial charge is 0.359 e. The van der Waals surface area contributed by atoms with E-state index in [1.165, 1.54) is 18.3 Å². The van der Waals surface area contributed by atoms with Crippen LogP contribution in [0.2, 0.25) is 0 Å². The second-order valence-electron chi connectivity index (χ2n) is 8.43. The first-order chi connectivity index (χ1) is 15.8. The van der Waals surface area contributed by atoms with Crippen molar-refractivity contribution in [2.45, 2.75) is 39.4 Å². The molecule has 0 spiro atoms. The fourth-order valence-electron chi connectivity index (χ4n) is 4.15. The minimum atomic E-state index is -1.25. The Morgan fingerprint density at radius 3 is 2.48 bits per heavy atom. The Kier molecular flexibility index (Phi) is 5.76. The molecule has 0 saturated heterocycles. The number of nitrogens with one attached hydrogen (secondary N) is 1. The molecule has 2 aromatic carbocycles. The van der Waals surface area contributed by atoms with Gasteiger partial charge in [-0.25, -0.2) is 9.78 Å². The van der Waals surface area contributed by atoms with Crippen molar-refractivity contribution < 1.29 is 19.1 Å². The van der Waals surface area contributed by atoms with Gasteiger partial charge in [-0.3, -0.25) is 14.5 Å². The summed E-state index contributed by atoms with van der Waals surface area (Å²) in [6.07, 6.45) is 1.40. The lowest BCUT2D eigenvalue weighted by molar-refractivity contribution is -0.126. The molecule has 0 saturated carbocycles. The third kappa shape index (κ3) is 3.88. The average molecular weight is 447 g/mol. The van der Waals surface area contributed by atoms with E-state index in [0.29, 0.717) is 12.2 Å². The number of amides is 2. The molecule has 1 aliphatic rings. The lowest BCUT2D eigenvalue weighted by atomic mass is 9.92. The van der Waals surface area contributed by atoms with Crippen molar-refractivity contribution in [2.75, 3.05) is 12.0 Å². The van der Waals surface area contributed by atoms with Crippen LogP contribution in [-0.2, 0) is 22.6 Å². The van der Waals surface area contributed by atoms with Crippen molar-refractivity contribution in [2.24, 2.45) is 0 Å². The number of nitrogens with zero attached hydrogens (tertiary/aromatic N) is 3. The first kappa shape index (κ1) is 22.3. The van der Waals surface area contributed by atoms with Crippen molar-refractivity contribution >= 4 is 23.5 Å². The number of imidazole rings is 1. The van der Waals surface area contributed by atoms with Crippen molar-refractivity contribution in [3.63, 3.8) is 0 Å². The summed E-state index contributed by atoms with van der Waals surface area (Å²) in [7, 11) is 1.24. The number of para-hydroxylation sites is 1. The number of anilines is 1. The lowest BCUT2D eigenvalue weighted by Crippen LogP contribution is -2.64. The molecule has 2 amide bonds. The van der Waals surface area contributed by atoms with Crippen LogP contribution < -0.4 is 10.2 Å². The van der Waals surface area contributed by atoms with Gasteiger partial charge in [0.2, 0.25) is 5.91 Å². The SMILES string of the molecule is COC(=O)c1ncn2c1C(=O)N(c1ccccc1C)[C@@](C)(C(=O)NCc1ccc(C)cc1)C2. The number of hydrogen-bond donors (Lipinski definition) is 1. The Balaban J connectivity index is 1.75. The highest BCUT2D eigenvalue weighted by Crippen LogP contribution is 2.35. The summed E-state index contributed by atoms with van der Waals surface area (Å²) >= 11 is 0. The Morgan fingerprint density at radius 1 is 1.12 bits per heavy atom. The maximum absolute atomic E-state index is 13.8. The number of rotatable bonds is 5. The summed E-state index contributed by atoms with van der Waals surface area (Å²) in [5.74, 6) is -1.49. The summed E-state index contributed by atoms with van der Waals surface area (Å²) < 4.78 is 6.35. The van der Waals surface area contributed by atoms with Gasteiger partial charge in [-0.15, -0.1) is 0 Å². The van der Waals surface area contributed by atoms with Crippen LogP contribution >= 0.6 is 0 Å². The molecule has 33 heavy (non-hydrogen) atoms. The zero-order chi connectivity index (χ0) is 23.8. The highest BCUT2D eigenvalue weighted by molar-refractivity contribution is 6.15. The van der Waals surface area contributed by atoms with Crippen LogP contribution in [0.1, 0.15) is 44.6 Å². The van der Waals surface area contributed by atoms with E-state index in [1.807, 2.05) is 56.3 Å². The molecular weight excluding hydrogens is 420 g/mol. The van der Waals surface area contributed by atoms with E-state index >= 15 is 0 Å². The van der Waals surface area contributed by atoms with E-state index in [2.05, 4.69) is 10.3 Å². The molecule has 1 N–H and O–H groups in total. The zero-order valence-electron chi connectivity index (χ0n) is 19.1. The van der Waals surface area contributed by atoms with Gasteiger partial charge in [-0.2, -0.15) is 0 Å². The van der Waals surface area contributed by atoms with Gasteiger partial charge in [-0.05, 0) is 38.0 Å². The maximum atomic E-state index is 13.8. The molecule has 0 fully saturated rings. The van der Waals surface area contributed by atoms with Crippen LogP contribution in [0, 0.1) is 13.8 Å². The number of aryl methyl sites for hydroxylation is 2. The summed E-state index contributed by atoms with van der Waals surface area (Å²) in [5.41, 5.74) is 2.30. The van der Waals surface area contributed by atoms with Crippen LogP contribution in [0.4, 0.5) is 5.69 Å². The van der Waals surface area contributed by atoms with Crippen molar-refractivity contribution in [1.29, 1.82) is 0 Å². The lowest BCUT2D eigenvalue weighted by Gasteiger charge is -2.44. The predicted octanol–water partition coefficient (Wildman–Crippen LogP) is 3.02. The van der Waals surface area contributed by atoms with Crippen molar-refractivity contribution in [1.82, 2.24) is 14.9 Å². The largest absolute Gasteiger partial charge is 0.464 e. The second kappa shape index (κ2) is 8.54. The number of methoxy groups -OCH3 is 1. The highest BCUT2D eigenvalue weighted by atomic mass is 16.5. The Morgan fingerprint density at radius 2 is 1.82 bits per heavy atom.